The normalized spacial score (nSPS) is 12.0. The minimum atomic E-state index is -2.90. The van der Waals surface area contributed by atoms with Crippen molar-refractivity contribution in [2.24, 2.45) is 0 Å². The smallest absolute Gasteiger partial charge is 0.387 e. The zero-order valence-corrected chi connectivity index (χ0v) is 13.1. The van der Waals surface area contributed by atoms with E-state index in [1.807, 2.05) is 6.07 Å². The molecule has 4 nitrogen and oxygen atoms in total. The van der Waals surface area contributed by atoms with Crippen molar-refractivity contribution in [3.05, 3.63) is 59.7 Å². The average molecular weight is 339 g/mol. The fourth-order valence-corrected chi connectivity index (χ4v) is 2.61. The lowest BCUT2D eigenvalue weighted by Crippen LogP contribution is -2.12. The van der Waals surface area contributed by atoms with Crippen molar-refractivity contribution >= 4 is 22.4 Å². The number of carbonyl (C=O) groups excluding carboxylic acids is 1. The minimum absolute atomic E-state index is 0.0102. The van der Waals surface area contributed by atoms with Crippen molar-refractivity contribution in [3.8, 4) is 5.75 Å². The van der Waals surface area contributed by atoms with E-state index in [0.717, 1.165) is 5.56 Å². The molecule has 0 fully saturated rings. The average Bonchev–Trinajstić information content (AvgIpc) is 2.47. The zero-order valence-electron chi connectivity index (χ0n) is 12.3. The number of halogens is 2. The molecule has 0 aromatic heterocycles. The first kappa shape index (κ1) is 17.1. The second-order valence-electron chi connectivity index (χ2n) is 4.77. The Bertz CT molecular complexity index is 705. The summed E-state index contributed by atoms with van der Waals surface area (Å²) in [5.74, 6) is 0.0240. The quantitative estimate of drug-likeness (QED) is 0.877. The molecule has 1 N–H and O–H groups in total. The molecule has 2 aromatic rings. The van der Waals surface area contributed by atoms with Crippen LogP contribution in [0.15, 0.2) is 48.5 Å². The Hall–Kier alpha value is -2.28. The molecule has 0 aliphatic rings. The zero-order chi connectivity index (χ0) is 16.8. The van der Waals surface area contributed by atoms with E-state index in [4.69, 9.17) is 0 Å². The summed E-state index contributed by atoms with van der Waals surface area (Å²) in [5, 5.41) is 2.71. The summed E-state index contributed by atoms with van der Waals surface area (Å²) in [5.41, 5.74) is 1.74. The topological polar surface area (TPSA) is 55.4 Å². The van der Waals surface area contributed by atoms with Crippen LogP contribution < -0.4 is 10.1 Å². The molecular formula is C16H15F2NO3S. The fourth-order valence-electron chi connectivity index (χ4n) is 1.96. The first-order chi connectivity index (χ1) is 10.9. The molecule has 122 valence electrons. The molecule has 23 heavy (non-hydrogen) atoms. The highest BCUT2D eigenvalue weighted by molar-refractivity contribution is 7.83. The van der Waals surface area contributed by atoms with Crippen LogP contribution in [0.1, 0.15) is 15.9 Å². The molecule has 0 saturated carbocycles. The second kappa shape index (κ2) is 7.82. The largest absolute Gasteiger partial charge is 0.435 e. The molecule has 0 heterocycles. The van der Waals surface area contributed by atoms with Crippen LogP contribution in [-0.4, -0.2) is 23.0 Å². The van der Waals surface area contributed by atoms with E-state index < -0.39 is 17.4 Å². The summed E-state index contributed by atoms with van der Waals surface area (Å²) in [6, 6.07) is 12.5. The highest BCUT2D eigenvalue weighted by atomic mass is 32.2. The molecule has 0 aliphatic heterocycles. The number of carbonyl (C=O) groups is 1. The molecule has 0 saturated heterocycles. The van der Waals surface area contributed by atoms with Gasteiger partial charge in [-0.05, 0) is 42.0 Å². The standard InChI is InChI=1S/C16H15F2NO3S/c1-23(21)10-11-3-2-4-13(9-11)19-15(20)12-5-7-14(8-6-12)22-16(17)18/h2-9,16H,10H2,1H3,(H,19,20). The van der Waals surface area contributed by atoms with Gasteiger partial charge in [0.1, 0.15) is 5.75 Å². The predicted octanol–water partition coefficient (Wildman–Crippen LogP) is 3.42. The van der Waals surface area contributed by atoms with E-state index in [-0.39, 0.29) is 11.7 Å². The van der Waals surface area contributed by atoms with Crippen molar-refractivity contribution in [1.29, 1.82) is 0 Å². The molecule has 0 bridgehead atoms. The molecule has 1 atom stereocenters. The van der Waals surface area contributed by atoms with Gasteiger partial charge in [-0.1, -0.05) is 12.1 Å². The number of amides is 1. The second-order valence-corrected chi connectivity index (χ2v) is 6.21. The van der Waals surface area contributed by atoms with Crippen LogP contribution in [0.2, 0.25) is 0 Å². The maximum atomic E-state index is 12.1. The molecule has 0 spiro atoms. The van der Waals surface area contributed by atoms with Crippen LogP contribution in [0.5, 0.6) is 5.75 Å². The third-order valence-corrected chi connectivity index (χ3v) is 3.64. The highest BCUT2D eigenvalue weighted by Gasteiger charge is 2.09. The molecule has 1 unspecified atom stereocenters. The summed E-state index contributed by atoms with van der Waals surface area (Å²) < 4.78 is 39.6. The van der Waals surface area contributed by atoms with Gasteiger partial charge in [-0.2, -0.15) is 8.78 Å². The van der Waals surface area contributed by atoms with E-state index in [1.165, 1.54) is 24.3 Å². The summed E-state index contributed by atoms with van der Waals surface area (Å²) in [6.45, 7) is -2.90. The van der Waals surface area contributed by atoms with E-state index in [9.17, 15) is 17.8 Å². The fraction of sp³-hybridized carbons (Fsp3) is 0.188. The summed E-state index contributed by atoms with van der Waals surface area (Å²) in [7, 11) is -0.969. The van der Waals surface area contributed by atoms with Crippen molar-refractivity contribution in [1.82, 2.24) is 0 Å². The van der Waals surface area contributed by atoms with Crippen molar-refractivity contribution < 1.29 is 22.5 Å². The first-order valence-corrected chi connectivity index (χ1v) is 8.42. The van der Waals surface area contributed by atoms with Gasteiger partial charge >= 0.3 is 6.61 Å². The van der Waals surface area contributed by atoms with Gasteiger partial charge in [0.25, 0.3) is 5.91 Å². The third-order valence-electron chi connectivity index (χ3n) is 2.90. The van der Waals surface area contributed by atoms with Crippen LogP contribution in [0, 0.1) is 0 Å². The first-order valence-electron chi connectivity index (χ1n) is 6.69. The van der Waals surface area contributed by atoms with Crippen LogP contribution in [0.4, 0.5) is 14.5 Å². The van der Waals surface area contributed by atoms with Crippen LogP contribution in [0.25, 0.3) is 0 Å². The van der Waals surface area contributed by atoms with Gasteiger partial charge in [0, 0.05) is 34.1 Å². The van der Waals surface area contributed by atoms with Gasteiger partial charge in [0.15, 0.2) is 0 Å². The van der Waals surface area contributed by atoms with Crippen LogP contribution >= 0.6 is 0 Å². The molecule has 2 rings (SSSR count). The number of alkyl halides is 2. The Labute approximate surface area is 134 Å². The number of rotatable bonds is 6. The Morgan fingerprint density at radius 3 is 2.52 bits per heavy atom. The SMILES string of the molecule is CS(=O)Cc1cccc(NC(=O)c2ccc(OC(F)F)cc2)c1. The maximum Gasteiger partial charge on any atom is 0.387 e. The van der Waals surface area contributed by atoms with Crippen molar-refractivity contribution in [3.63, 3.8) is 0 Å². The minimum Gasteiger partial charge on any atom is -0.435 e. The van der Waals surface area contributed by atoms with Gasteiger partial charge < -0.3 is 10.1 Å². The Morgan fingerprint density at radius 2 is 1.91 bits per heavy atom. The lowest BCUT2D eigenvalue weighted by Gasteiger charge is -2.08. The van der Waals surface area contributed by atoms with E-state index >= 15 is 0 Å². The Morgan fingerprint density at radius 1 is 1.22 bits per heavy atom. The summed E-state index contributed by atoms with van der Waals surface area (Å²) in [4.78, 5) is 12.1. The number of ether oxygens (including phenoxy) is 1. The number of nitrogens with one attached hydrogen (secondary N) is 1. The van der Waals surface area contributed by atoms with Gasteiger partial charge in [-0.3, -0.25) is 9.00 Å². The maximum absolute atomic E-state index is 12.1. The van der Waals surface area contributed by atoms with Gasteiger partial charge in [-0.25, -0.2) is 0 Å². The molecule has 2 aromatic carbocycles. The number of hydrogen-bond acceptors (Lipinski definition) is 3. The van der Waals surface area contributed by atoms with E-state index in [2.05, 4.69) is 10.1 Å². The van der Waals surface area contributed by atoms with E-state index in [1.54, 1.807) is 24.5 Å². The predicted molar refractivity (Wildman–Crippen MR) is 85.2 cm³/mol. The molecular weight excluding hydrogens is 324 g/mol. The number of benzene rings is 2. The molecule has 0 radical (unpaired) electrons. The van der Waals surface area contributed by atoms with Crippen molar-refractivity contribution in [2.45, 2.75) is 12.4 Å². The Balaban J connectivity index is 2.05. The lowest BCUT2D eigenvalue weighted by molar-refractivity contribution is -0.0498. The van der Waals surface area contributed by atoms with Crippen LogP contribution in [-0.2, 0) is 16.6 Å². The van der Waals surface area contributed by atoms with Gasteiger partial charge in [-0.15, -0.1) is 0 Å². The van der Waals surface area contributed by atoms with E-state index in [0.29, 0.717) is 17.0 Å². The number of hydrogen-bond donors (Lipinski definition) is 1. The van der Waals surface area contributed by atoms with Crippen LogP contribution in [0.3, 0.4) is 0 Å². The molecule has 1 amide bonds. The summed E-state index contributed by atoms with van der Waals surface area (Å²) >= 11 is 0. The lowest BCUT2D eigenvalue weighted by atomic mass is 10.2. The highest BCUT2D eigenvalue weighted by Crippen LogP contribution is 2.17. The van der Waals surface area contributed by atoms with Crippen molar-refractivity contribution in [2.75, 3.05) is 11.6 Å². The van der Waals surface area contributed by atoms with Gasteiger partial charge in [0.2, 0.25) is 0 Å². The summed E-state index contributed by atoms with van der Waals surface area (Å²) in [6.07, 6.45) is 1.61. The number of anilines is 1. The van der Waals surface area contributed by atoms with Gasteiger partial charge in [0.05, 0.1) is 0 Å². The monoisotopic (exact) mass is 339 g/mol. The Kier molecular flexibility index (Phi) is 5.81. The molecule has 0 aliphatic carbocycles. The third kappa shape index (κ3) is 5.45. The molecule has 7 heteroatoms.